The van der Waals surface area contributed by atoms with Crippen LogP contribution in [0, 0.1) is 0 Å². The summed E-state index contributed by atoms with van der Waals surface area (Å²) in [6.07, 6.45) is 5.19. The Hall–Kier alpha value is -1.31. The Morgan fingerprint density at radius 1 is 1.21 bits per heavy atom. The molecule has 1 aliphatic carbocycles. The van der Waals surface area contributed by atoms with E-state index in [0.29, 0.717) is 0 Å². The summed E-state index contributed by atoms with van der Waals surface area (Å²) in [5, 5.41) is 3.25. The monoisotopic (exact) mass is 259 g/mol. The van der Waals surface area contributed by atoms with Crippen molar-refractivity contribution < 1.29 is 4.79 Å². The molecule has 0 radical (unpaired) electrons. The van der Waals surface area contributed by atoms with E-state index in [2.05, 4.69) is 38.2 Å². The summed E-state index contributed by atoms with van der Waals surface area (Å²) in [4.78, 5) is 12.8. The summed E-state index contributed by atoms with van der Waals surface area (Å²) in [6, 6.07) is 10.3. The highest BCUT2D eigenvalue weighted by Gasteiger charge is 2.43. The molecule has 0 heterocycles. The van der Waals surface area contributed by atoms with E-state index in [1.54, 1.807) is 0 Å². The molecule has 1 fully saturated rings. The second-order valence-electron chi connectivity index (χ2n) is 6.35. The summed E-state index contributed by atoms with van der Waals surface area (Å²) >= 11 is 0. The molecule has 0 atom stereocenters. The lowest BCUT2D eigenvalue weighted by molar-refractivity contribution is -0.128. The zero-order valence-electron chi connectivity index (χ0n) is 12.3. The second kappa shape index (κ2) is 5.36. The fourth-order valence-corrected chi connectivity index (χ4v) is 2.90. The Morgan fingerprint density at radius 3 is 2.32 bits per heavy atom. The van der Waals surface area contributed by atoms with Crippen LogP contribution in [-0.2, 0) is 10.2 Å². The lowest BCUT2D eigenvalue weighted by Crippen LogP contribution is -2.51. The number of nitrogens with one attached hydrogen (secondary N) is 1. The third-order valence-corrected chi connectivity index (χ3v) is 4.55. The number of hydrogen-bond acceptors (Lipinski definition) is 1. The second-order valence-corrected chi connectivity index (χ2v) is 6.35. The first kappa shape index (κ1) is 14.1. The minimum Gasteiger partial charge on any atom is -0.350 e. The summed E-state index contributed by atoms with van der Waals surface area (Å²) in [5.41, 5.74) is 0.756. The fourth-order valence-electron chi connectivity index (χ4n) is 2.90. The van der Waals surface area contributed by atoms with Crippen LogP contribution in [0.15, 0.2) is 30.3 Å². The molecular weight excluding hydrogens is 234 g/mol. The van der Waals surface area contributed by atoms with Crippen LogP contribution in [0.4, 0.5) is 0 Å². The van der Waals surface area contributed by atoms with Gasteiger partial charge in [-0.3, -0.25) is 4.79 Å². The third kappa shape index (κ3) is 2.83. The number of carbonyl (C=O) groups excluding carboxylic acids is 1. The quantitative estimate of drug-likeness (QED) is 0.875. The zero-order chi connectivity index (χ0) is 13.9. The van der Waals surface area contributed by atoms with Gasteiger partial charge in [-0.1, -0.05) is 50.1 Å². The van der Waals surface area contributed by atoms with Crippen LogP contribution in [0.25, 0.3) is 0 Å². The maximum Gasteiger partial charge on any atom is 0.231 e. The Morgan fingerprint density at radius 2 is 1.79 bits per heavy atom. The molecule has 104 valence electrons. The first-order valence-electron chi connectivity index (χ1n) is 7.38. The van der Waals surface area contributed by atoms with Gasteiger partial charge in [0.1, 0.15) is 0 Å². The van der Waals surface area contributed by atoms with Crippen LogP contribution in [0.1, 0.15) is 58.4 Å². The van der Waals surface area contributed by atoms with Crippen LogP contribution in [0.2, 0.25) is 0 Å². The van der Waals surface area contributed by atoms with Crippen LogP contribution in [0.3, 0.4) is 0 Å². The number of amides is 1. The van der Waals surface area contributed by atoms with Gasteiger partial charge in [0.15, 0.2) is 0 Å². The van der Waals surface area contributed by atoms with E-state index in [9.17, 15) is 4.79 Å². The molecule has 2 rings (SSSR count). The van der Waals surface area contributed by atoms with Gasteiger partial charge in [-0.2, -0.15) is 0 Å². The highest BCUT2D eigenvalue weighted by atomic mass is 16.2. The van der Waals surface area contributed by atoms with E-state index in [1.165, 1.54) is 5.56 Å². The SMILES string of the molecule is CCC(C)(C)NC(=O)C1(c2ccccc2)CCCC1. The van der Waals surface area contributed by atoms with Gasteiger partial charge in [-0.25, -0.2) is 0 Å². The number of benzene rings is 1. The van der Waals surface area contributed by atoms with E-state index < -0.39 is 0 Å². The lowest BCUT2D eigenvalue weighted by Gasteiger charge is -2.34. The molecule has 1 N–H and O–H groups in total. The van der Waals surface area contributed by atoms with Gasteiger partial charge in [0.2, 0.25) is 5.91 Å². The van der Waals surface area contributed by atoms with Crippen molar-refractivity contribution >= 4 is 5.91 Å². The van der Waals surface area contributed by atoms with Gasteiger partial charge in [0.25, 0.3) is 0 Å². The molecular formula is C17H25NO. The molecule has 0 saturated heterocycles. The van der Waals surface area contributed by atoms with Crippen molar-refractivity contribution in [2.45, 2.75) is 63.8 Å². The standard InChI is InChI=1S/C17H25NO/c1-4-16(2,3)18-15(19)17(12-8-9-13-17)14-10-6-5-7-11-14/h5-7,10-11H,4,8-9,12-13H2,1-3H3,(H,18,19). The maximum atomic E-state index is 12.8. The van der Waals surface area contributed by atoms with Crippen molar-refractivity contribution in [2.24, 2.45) is 0 Å². The van der Waals surface area contributed by atoms with Crippen LogP contribution in [0.5, 0.6) is 0 Å². The molecule has 0 bridgehead atoms. The van der Waals surface area contributed by atoms with Crippen molar-refractivity contribution in [1.82, 2.24) is 5.32 Å². The first-order chi connectivity index (χ1) is 9.00. The van der Waals surface area contributed by atoms with Gasteiger partial charge in [0.05, 0.1) is 5.41 Å². The molecule has 0 aliphatic heterocycles. The van der Waals surface area contributed by atoms with Gasteiger partial charge in [0, 0.05) is 5.54 Å². The van der Waals surface area contributed by atoms with Crippen molar-refractivity contribution in [3.05, 3.63) is 35.9 Å². The molecule has 1 aromatic rings. The Balaban J connectivity index is 2.28. The van der Waals surface area contributed by atoms with Gasteiger partial charge >= 0.3 is 0 Å². The fraction of sp³-hybridized carbons (Fsp3) is 0.588. The third-order valence-electron chi connectivity index (χ3n) is 4.55. The van der Waals surface area contributed by atoms with Crippen molar-refractivity contribution in [2.75, 3.05) is 0 Å². The van der Waals surface area contributed by atoms with Crippen LogP contribution >= 0.6 is 0 Å². The minimum absolute atomic E-state index is 0.124. The summed E-state index contributed by atoms with van der Waals surface area (Å²) < 4.78 is 0. The van der Waals surface area contributed by atoms with Crippen molar-refractivity contribution in [1.29, 1.82) is 0 Å². The summed E-state index contributed by atoms with van der Waals surface area (Å²) in [7, 11) is 0. The summed E-state index contributed by atoms with van der Waals surface area (Å²) in [6.45, 7) is 6.31. The molecule has 19 heavy (non-hydrogen) atoms. The maximum absolute atomic E-state index is 12.8. The predicted octanol–water partition coefficient (Wildman–Crippen LogP) is 3.80. The molecule has 0 unspecified atom stereocenters. The van der Waals surface area contributed by atoms with E-state index in [1.807, 2.05) is 18.2 Å². The Bertz CT molecular complexity index is 430. The minimum atomic E-state index is -0.298. The molecule has 0 spiro atoms. The topological polar surface area (TPSA) is 29.1 Å². The van der Waals surface area contributed by atoms with Crippen LogP contribution in [-0.4, -0.2) is 11.4 Å². The Labute approximate surface area is 116 Å². The highest BCUT2D eigenvalue weighted by Crippen LogP contribution is 2.41. The Kier molecular flexibility index (Phi) is 3.98. The lowest BCUT2D eigenvalue weighted by atomic mass is 9.77. The molecule has 1 amide bonds. The van der Waals surface area contributed by atoms with Crippen molar-refractivity contribution in [3.8, 4) is 0 Å². The van der Waals surface area contributed by atoms with Gasteiger partial charge in [-0.05, 0) is 38.7 Å². The number of carbonyl (C=O) groups is 1. The molecule has 1 saturated carbocycles. The number of rotatable bonds is 4. The first-order valence-corrected chi connectivity index (χ1v) is 7.38. The predicted molar refractivity (Wildman–Crippen MR) is 79.1 cm³/mol. The van der Waals surface area contributed by atoms with E-state index >= 15 is 0 Å². The van der Waals surface area contributed by atoms with E-state index in [0.717, 1.165) is 32.1 Å². The average molecular weight is 259 g/mol. The smallest absolute Gasteiger partial charge is 0.231 e. The summed E-state index contributed by atoms with van der Waals surface area (Å²) in [5.74, 6) is 0.211. The van der Waals surface area contributed by atoms with E-state index in [-0.39, 0.29) is 16.9 Å². The van der Waals surface area contributed by atoms with Crippen molar-refractivity contribution in [3.63, 3.8) is 0 Å². The molecule has 1 aromatic carbocycles. The largest absolute Gasteiger partial charge is 0.350 e. The van der Waals surface area contributed by atoms with Gasteiger partial charge in [-0.15, -0.1) is 0 Å². The molecule has 1 aliphatic rings. The molecule has 2 heteroatoms. The normalized spacial score (nSPS) is 18.3. The highest BCUT2D eigenvalue weighted by molar-refractivity contribution is 5.89. The molecule has 2 nitrogen and oxygen atoms in total. The van der Waals surface area contributed by atoms with Gasteiger partial charge < -0.3 is 5.32 Å². The van der Waals surface area contributed by atoms with Crippen LogP contribution < -0.4 is 5.32 Å². The number of hydrogen-bond donors (Lipinski definition) is 1. The van der Waals surface area contributed by atoms with E-state index in [4.69, 9.17) is 0 Å². The molecule has 0 aromatic heterocycles. The average Bonchev–Trinajstić information content (AvgIpc) is 2.90. The zero-order valence-corrected chi connectivity index (χ0v) is 12.3.